The van der Waals surface area contributed by atoms with Crippen LogP contribution >= 0.6 is 0 Å². The molecule has 0 aliphatic heterocycles. The number of halogens is 3. The average Bonchev–Trinajstić information content (AvgIpc) is 2.98. The maximum atomic E-state index is 12.5. The molecule has 128 valence electrons. The summed E-state index contributed by atoms with van der Waals surface area (Å²) in [4.78, 5) is 14.2. The van der Waals surface area contributed by atoms with Crippen LogP contribution in [0.1, 0.15) is 45.1 Å². The highest BCUT2D eigenvalue weighted by Gasteiger charge is 2.30. The number of hydrogen-bond acceptors (Lipinski definition) is 2. The minimum Gasteiger partial charge on any atom is -0.484 e. The Kier molecular flexibility index (Phi) is 5.55. The zero-order valence-corrected chi connectivity index (χ0v) is 13.4. The Morgan fingerprint density at radius 2 is 1.78 bits per heavy atom. The second-order valence-electron chi connectivity index (χ2n) is 6.14. The van der Waals surface area contributed by atoms with Crippen LogP contribution in [0.25, 0.3) is 0 Å². The van der Waals surface area contributed by atoms with Gasteiger partial charge in [0.1, 0.15) is 5.75 Å². The highest BCUT2D eigenvalue weighted by Crippen LogP contribution is 2.30. The van der Waals surface area contributed by atoms with E-state index in [0.717, 1.165) is 37.8 Å². The van der Waals surface area contributed by atoms with E-state index in [2.05, 4.69) is 0 Å². The molecule has 1 amide bonds. The maximum absolute atomic E-state index is 12.5. The van der Waals surface area contributed by atoms with Gasteiger partial charge in [-0.3, -0.25) is 4.79 Å². The summed E-state index contributed by atoms with van der Waals surface area (Å²) in [5, 5.41) is 0. The lowest BCUT2D eigenvalue weighted by Gasteiger charge is -2.32. The summed E-state index contributed by atoms with van der Waals surface area (Å²) < 4.78 is 42.9. The number of ether oxygens (including phenoxy) is 1. The number of hydrogen-bond donors (Lipinski definition) is 0. The quantitative estimate of drug-likeness (QED) is 0.807. The van der Waals surface area contributed by atoms with E-state index in [-0.39, 0.29) is 30.3 Å². The smallest absolute Gasteiger partial charge is 0.416 e. The summed E-state index contributed by atoms with van der Waals surface area (Å²) in [5.41, 5.74) is -0.731. The standard InChI is InChI=1S/C17H22F3NO2/c1-12(2)21(14-5-3-4-6-14)16(22)11-23-15-9-7-13(8-10-15)17(18,19)20/h7-10,12,14H,3-6,11H2,1-2H3. The van der Waals surface area contributed by atoms with Gasteiger partial charge in [-0.15, -0.1) is 0 Å². The monoisotopic (exact) mass is 329 g/mol. The van der Waals surface area contributed by atoms with Gasteiger partial charge in [-0.1, -0.05) is 12.8 Å². The summed E-state index contributed by atoms with van der Waals surface area (Å²) in [5.74, 6) is 0.147. The van der Waals surface area contributed by atoms with E-state index in [0.29, 0.717) is 0 Å². The van der Waals surface area contributed by atoms with Crippen LogP contribution < -0.4 is 4.74 Å². The molecule has 0 unspecified atom stereocenters. The molecule has 2 rings (SSSR count). The van der Waals surface area contributed by atoms with Crippen molar-refractivity contribution < 1.29 is 22.7 Å². The molecular formula is C17H22F3NO2. The molecule has 0 bridgehead atoms. The number of carbonyl (C=O) groups is 1. The van der Waals surface area contributed by atoms with Gasteiger partial charge in [-0.25, -0.2) is 0 Å². The Morgan fingerprint density at radius 3 is 2.26 bits per heavy atom. The van der Waals surface area contributed by atoms with Gasteiger partial charge >= 0.3 is 6.18 Å². The average molecular weight is 329 g/mol. The summed E-state index contributed by atoms with van der Waals surface area (Å²) in [6.07, 6.45) is -0.110. The van der Waals surface area contributed by atoms with Crippen LogP contribution in [0.3, 0.4) is 0 Å². The van der Waals surface area contributed by atoms with Crippen LogP contribution in [-0.2, 0) is 11.0 Å². The molecule has 0 atom stereocenters. The van der Waals surface area contributed by atoms with Crippen molar-refractivity contribution in [3.05, 3.63) is 29.8 Å². The molecule has 0 N–H and O–H groups in total. The number of benzene rings is 1. The topological polar surface area (TPSA) is 29.5 Å². The van der Waals surface area contributed by atoms with E-state index < -0.39 is 11.7 Å². The molecule has 1 aliphatic rings. The van der Waals surface area contributed by atoms with Gasteiger partial charge in [0, 0.05) is 12.1 Å². The minimum absolute atomic E-state index is 0.0850. The molecule has 6 heteroatoms. The SMILES string of the molecule is CC(C)N(C(=O)COc1ccc(C(F)(F)F)cc1)C1CCCC1. The lowest BCUT2D eigenvalue weighted by atomic mass is 10.1. The number of carbonyl (C=O) groups excluding carboxylic acids is 1. The normalized spacial score (nSPS) is 15.9. The molecule has 1 aliphatic carbocycles. The molecule has 3 nitrogen and oxygen atoms in total. The van der Waals surface area contributed by atoms with Gasteiger partial charge in [0.05, 0.1) is 5.56 Å². The van der Waals surface area contributed by atoms with E-state index in [1.165, 1.54) is 12.1 Å². The minimum atomic E-state index is -4.37. The van der Waals surface area contributed by atoms with Crippen LogP contribution in [0.2, 0.25) is 0 Å². The lowest BCUT2D eigenvalue weighted by Crippen LogP contribution is -2.45. The molecule has 1 saturated carbocycles. The van der Waals surface area contributed by atoms with Crippen molar-refractivity contribution in [3.63, 3.8) is 0 Å². The van der Waals surface area contributed by atoms with Crippen LogP contribution in [0.4, 0.5) is 13.2 Å². The third kappa shape index (κ3) is 4.62. The lowest BCUT2D eigenvalue weighted by molar-refractivity contribution is -0.138. The Hall–Kier alpha value is -1.72. The Morgan fingerprint density at radius 1 is 1.22 bits per heavy atom. The first-order valence-electron chi connectivity index (χ1n) is 7.90. The molecule has 1 fully saturated rings. The van der Waals surface area contributed by atoms with Crippen molar-refractivity contribution in [2.75, 3.05) is 6.61 Å². The number of nitrogens with zero attached hydrogens (tertiary/aromatic N) is 1. The van der Waals surface area contributed by atoms with Crippen LogP contribution in [0, 0.1) is 0 Å². The van der Waals surface area contributed by atoms with Crippen molar-refractivity contribution in [1.29, 1.82) is 0 Å². The van der Waals surface area contributed by atoms with Crippen molar-refractivity contribution >= 4 is 5.91 Å². The van der Waals surface area contributed by atoms with Crippen LogP contribution in [0.5, 0.6) is 5.75 Å². The van der Waals surface area contributed by atoms with E-state index in [4.69, 9.17) is 4.74 Å². The van der Waals surface area contributed by atoms with Gasteiger partial charge in [-0.05, 0) is 51.0 Å². The second-order valence-corrected chi connectivity index (χ2v) is 6.14. The Labute approximate surface area is 134 Å². The third-order valence-electron chi connectivity index (χ3n) is 4.11. The molecule has 23 heavy (non-hydrogen) atoms. The summed E-state index contributed by atoms with van der Waals surface area (Å²) in [6, 6.07) is 4.73. The molecule has 0 radical (unpaired) electrons. The first kappa shape index (κ1) is 17.6. The van der Waals surface area contributed by atoms with E-state index in [1.807, 2.05) is 18.7 Å². The predicted octanol–water partition coefficient (Wildman–Crippen LogP) is 4.26. The molecular weight excluding hydrogens is 307 g/mol. The number of rotatable bonds is 5. The van der Waals surface area contributed by atoms with Gasteiger partial charge in [-0.2, -0.15) is 13.2 Å². The van der Waals surface area contributed by atoms with E-state index in [1.54, 1.807) is 0 Å². The maximum Gasteiger partial charge on any atom is 0.416 e. The van der Waals surface area contributed by atoms with E-state index in [9.17, 15) is 18.0 Å². The summed E-state index contributed by atoms with van der Waals surface area (Å²) >= 11 is 0. The zero-order chi connectivity index (χ0) is 17.0. The molecule has 0 aromatic heterocycles. The fourth-order valence-electron chi connectivity index (χ4n) is 3.06. The van der Waals surface area contributed by atoms with Gasteiger partial charge in [0.25, 0.3) is 5.91 Å². The molecule has 0 heterocycles. The fraction of sp³-hybridized carbons (Fsp3) is 0.588. The van der Waals surface area contributed by atoms with Crippen LogP contribution in [-0.4, -0.2) is 29.5 Å². The Bertz CT molecular complexity index is 520. The van der Waals surface area contributed by atoms with Gasteiger partial charge < -0.3 is 9.64 Å². The molecule has 0 saturated heterocycles. The van der Waals surface area contributed by atoms with E-state index >= 15 is 0 Å². The second kappa shape index (κ2) is 7.23. The summed E-state index contributed by atoms with van der Waals surface area (Å²) in [7, 11) is 0. The third-order valence-corrected chi connectivity index (χ3v) is 4.11. The number of amides is 1. The highest BCUT2D eigenvalue weighted by atomic mass is 19.4. The van der Waals surface area contributed by atoms with Crippen molar-refractivity contribution in [1.82, 2.24) is 4.90 Å². The van der Waals surface area contributed by atoms with Crippen molar-refractivity contribution in [2.24, 2.45) is 0 Å². The predicted molar refractivity (Wildman–Crippen MR) is 81.2 cm³/mol. The molecule has 0 spiro atoms. The first-order chi connectivity index (χ1) is 10.8. The fourth-order valence-corrected chi connectivity index (χ4v) is 3.06. The highest BCUT2D eigenvalue weighted by molar-refractivity contribution is 5.78. The Balaban J connectivity index is 1.94. The molecule has 1 aromatic rings. The summed E-state index contributed by atoms with van der Waals surface area (Å²) in [6.45, 7) is 3.78. The zero-order valence-electron chi connectivity index (χ0n) is 13.4. The van der Waals surface area contributed by atoms with Gasteiger partial charge in [0.2, 0.25) is 0 Å². The van der Waals surface area contributed by atoms with Crippen molar-refractivity contribution in [3.8, 4) is 5.75 Å². The van der Waals surface area contributed by atoms with Gasteiger partial charge in [0.15, 0.2) is 6.61 Å². The van der Waals surface area contributed by atoms with Crippen LogP contribution in [0.15, 0.2) is 24.3 Å². The first-order valence-corrected chi connectivity index (χ1v) is 7.90. The molecule has 1 aromatic carbocycles. The largest absolute Gasteiger partial charge is 0.484 e. The number of alkyl halides is 3. The van der Waals surface area contributed by atoms with Crippen molar-refractivity contribution in [2.45, 2.75) is 57.8 Å².